The van der Waals surface area contributed by atoms with Crippen LogP contribution in [0.2, 0.25) is 0 Å². The Kier molecular flexibility index (Phi) is 4.40. The summed E-state index contributed by atoms with van der Waals surface area (Å²) in [4.78, 5) is 13.7. The van der Waals surface area contributed by atoms with Crippen LogP contribution in [-0.2, 0) is 9.53 Å². The Labute approximate surface area is 113 Å². The zero-order valence-electron chi connectivity index (χ0n) is 11.1. The van der Waals surface area contributed by atoms with Crippen molar-refractivity contribution in [3.63, 3.8) is 0 Å². The largest absolute Gasteiger partial charge is 0.469 e. The van der Waals surface area contributed by atoms with Crippen molar-refractivity contribution in [1.29, 1.82) is 5.26 Å². The number of anilines is 1. The van der Waals surface area contributed by atoms with Gasteiger partial charge in [-0.25, -0.2) is 0 Å². The smallest absolute Gasteiger partial charge is 0.307 e. The number of methoxy groups -OCH3 is 1. The second kappa shape index (κ2) is 6.24. The summed E-state index contributed by atoms with van der Waals surface area (Å²) in [6.45, 7) is 0.952. The number of esters is 1. The van der Waals surface area contributed by atoms with Crippen LogP contribution >= 0.6 is 0 Å². The number of rotatable bonds is 3. The van der Waals surface area contributed by atoms with Gasteiger partial charge in [0, 0.05) is 18.3 Å². The number of hydrogen-bond donors (Lipinski definition) is 0. The van der Waals surface area contributed by atoms with E-state index in [4.69, 9.17) is 10.00 Å². The molecule has 1 heterocycles. The first-order valence-corrected chi connectivity index (χ1v) is 6.58. The van der Waals surface area contributed by atoms with Gasteiger partial charge in [0.1, 0.15) is 0 Å². The van der Waals surface area contributed by atoms with Crippen molar-refractivity contribution in [1.82, 2.24) is 0 Å². The van der Waals surface area contributed by atoms with E-state index in [-0.39, 0.29) is 12.0 Å². The summed E-state index contributed by atoms with van der Waals surface area (Å²) in [6.07, 6.45) is 3.72. The minimum Gasteiger partial charge on any atom is -0.469 e. The van der Waals surface area contributed by atoms with Crippen molar-refractivity contribution in [3.05, 3.63) is 29.8 Å². The molecule has 100 valence electrons. The quantitative estimate of drug-likeness (QED) is 0.782. The fourth-order valence-corrected chi connectivity index (χ4v) is 2.56. The molecular formula is C15H18N2O2. The van der Waals surface area contributed by atoms with E-state index in [9.17, 15) is 4.79 Å². The Morgan fingerprint density at radius 3 is 2.79 bits per heavy atom. The molecule has 4 nitrogen and oxygen atoms in total. The van der Waals surface area contributed by atoms with E-state index in [0.29, 0.717) is 12.0 Å². The molecule has 1 saturated heterocycles. The van der Waals surface area contributed by atoms with Gasteiger partial charge in [-0.05, 0) is 43.5 Å². The molecule has 1 fully saturated rings. The van der Waals surface area contributed by atoms with Gasteiger partial charge >= 0.3 is 5.97 Å². The Balaban J connectivity index is 2.14. The second-order valence-corrected chi connectivity index (χ2v) is 4.78. The summed E-state index contributed by atoms with van der Waals surface area (Å²) in [7, 11) is 1.43. The van der Waals surface area contributed by atoms with Crippen molar-refractivity contribution >= 4 is 11.7 Å². The zero-order chi connectivity index (χ0) is 13.7. The lowest BCUT2D eigenvalue weighted by Gasteiger charge is -2.37. The van der Waals surface area contributed by atoms with Gasteiger partial charge in [0.25, 0.3) is 0 Å². The Morgan fingerprint density at radius 2 is 2.16 bits per heavy atom. The highest BCUT2D eigenvalue weighted by Gasteiger charge is 2.25. The van der Waals surface area contributed by atoms with Gasteiger partial charge < -0.3 is 9.64 Å². The minimum absolute atomic E-state index is 0.162. The number of nitriles is 1. The number of piperidine rings is 1. The second-order valence-electron chi connectivity index (χ2n) is 4.78. The lowest BCUT2D eigenvalue weighted by atomic mass is 9.98. The molecule has 0 bridgehead atoms. The average molecular weight is 258 g/mol. The van der Waals surface area contributed by atoms with Gasteiger partial charge in [-0.2, -0.15) is 5.26 Å². The van der Waals surface area contributed by atoms with Crippen molar-refractivity contribution < 1.29 is 9.53 Å². The number of ether oxygens (including phenoxy) is 1. The number of nitrogens with zero attached hydrogens (tertiary/aromatic N) is 2. The molecule has 1 aliphatic rings. The third-order valence-electron chi connectivity index (χ3n) is 3.59. The molecule has 1 aromatic carbocycles. The van der Waals surface area contributed by atoms with Crippen LogP contribution < -0.4 is 4.90 Å². The molecule has 19 heavy (non-hydrogen) atoms. The van der Waals surface area contributed by atoms with Crippen molar-refractivity contribution in [3.8, 4) is 6.07 Å². The summed E-state index contributed by atoms with van der Waals surface area (Å²) < 4.78 is 4.77. The summed E-state index contributed by atoms with van der Waals surface area (Å²) in [5, 5.41) is 8.82. The Bertz CT molecular complexity index is 476. The molecule has 1 aromatic rings. The summed E-state index contributed by atoms with van der Waals surface area (Å²) in [5.41, 5.74) is 1.73. The SMILES string of the molecule is COC(=O)CC1CCCCN1c1ccc(C#N)cc1. The summed E-state index contributed by atoms with van der Waals surface area (Å²) in [5.74, 6) is -0.162. The average Bonchev–Trinajstić information content (AvgIpc) is 2.48. The maximum Gasteiger partial charge on any atom is 0.307 e. The summed E-state index contributed by atoms with van der Waals surface area (Å²) >= 11 is 0. The minimum atomic E-state index is -0.162. The highest BCUT2D eigenvalue weighted by atomic mass is 16.5. The number of hydrogen-bond acceptors (Lipinski definition) is 4. The van der Waals surface area contributed by atoms with Crippen molar-refractivity contribution in [2.75, 3.05) is 18.6 Å². The predicted octanol–water partition coefficient (Wildman–Crippen LogP) is 2.48. The molecule has 1 unspecified atom stereocenters. The van der Waals surface area contributed by atoms with Crippen LogP contribution in [-0.4, -0.2) is 25.7 Å². The van der Waals surface area contributed by atoms with E-state index < -0.39 is 0 Å². The van der Waals surface area contributed by atoms with Crippen LogP contribution in [0.5, 0.6) is 0 Å². The third kappa shape index (κ3) is 3.25. The van der Waals surface area contributed by atoms with Crippen LogP contribution in [0.3, 0.4) is 0 Å². The topological polar surface area (TPSA) is 53.3 Å². The Hall–Kier alpha value is -2.02. The normalized spacial score (nSPS) is 18.7. The number of carbonyl (C=O) groups excluding carboxylic acids is 1. The monoisotopic (exact) mass is 258 g/mol. The first kappa shape index (κ1) is 13.4. The molecule has 0 aliphatic carbocycles. The van der Waals surface area contributed by atoms with Crippen LogP contribution in [0.4, 0.5) is 5.69 Å². The van der Waals surface area contributed by atoms with Gasteiger partial charge in [-0.15, -0.1) is 0 Å². The van der Waals surface area contributed by atoms with Crippen molar-refractivity contribution in [2.24, 2.45) is 0 Å². The van der Waals surface area contributed by atoms with E-state index in [1.807, 2.05) is 24.3 Å². The van der Waals surface area contributed by atoms with Crippen molar-refractivity contribution in [2.45, 2.75) is 31.7 Å². The molecule has 1 atom stereocenters. The highest BCUT2D eigenvalue weighted by Crippen LogP contribution is 2.27. The molecule has 4 heteroatoms. The van der Waals surface area contributed by atoms with E-state index in [0.717, 1.165) is 31.5 Å². The lowest BCUT2D eigenvalue weighted by molar-refractivity contribution is -0.141. The van der Waals surface area contributed by atoms with Crippen LogP contribution in [0.15, 0.2) is 24.3 Å². The highest BCUT2D eigenvalue weighted by molar-refractivity contribution is 5.71. The van der Waals surface area contributed by atoms with Gasteiger partial charge in [0.05, 0.1) is 25.2 Å². The molecule has 0 aromatic heterocycles. The molecule has 1 aliphatic heterocycles. The van der Waals surface area contributed by atoms with Gasteiger partial charge in [-0.1, -0.05) is 0 Å². The Morgan fingerprint density at radius 1 is 1.42 bits per heavy atom. The van der Waals surface area contributed by atoms with Crippen LogP contribution in [0, 0.1) is 11.3 Å². The van der Waals surface area contributed by atoms with E-state index in [1.54, 1.807) is 0 Å². The molecule has 2 rings (SSSR count). The number of benzene rings is 1. The van der Waals surface area contributed by atoms with E-state index >= 15 is 0 Å². The molecular weight excluding hydrogens is 240 g/mol. The fraction of sp³-hybridized carbons (Fsp3) is 0.467. The maximum absolute atomic E-state index is 11.5. The van der Waals surface area contributed by atoms with Crippen LogP contribution in [0.25, 0.3) is 0 Å². The lowest BCUT2D eigenvalue weighted by Crippen LogP contribution is -2.41. The first-order valence-electron chi connectivity index (χ1n) is 6.58. The summed E-state index contributed by atoms with van der Waals surface area (Å²) in [6, 6.07) is 9.86. The third-order valence-corrected chi connectivity index (χ3v) is 3.59. The molecule has 0 spiro atoms. The number of carbonyl (C=O) groups is 1. The fourth-order valence-electron chi connectivity index (χ4n) is 2.56. The van der Waals surface area contributed by atoms with E-state index in [1.165, 1.54) is 7.11 Å². The standard InChI is InChI=1S/C15H18N2O2/c1-19-15(18)10-14-4-2-3-9-17(14)13-7-5-12(11-16)6-8-13/h5-8,14H,2-4,9-10H2,1H3. The molecule has 0 radical (unpaired) electrons. The molecule has 0 amide bonds. The van der Waals surface area contributed by atoms with Gasteiger partial charge in [-0.3, -0.25) is 4.79 Å². The van der Waals surface area contributed by atoms with Gasteiger partial charge in [0.2, 0.25) is 0 Å². The van der Waals surface area contributed by atoms with Gasteiger partial charge in [0.15, 0.2) is 0 Å². The zero-order valence-corrected chi connectivity index (χ0v) is 11.1. The predicted molar refractivity (Wildman–Crippen MR) is 72.8 cm³/mol. The molecule has 0 N–H and O–H groups in total. The van der Waals surface area contributed by atoms with E-state index in [2.05, 4.69) is 11.0 Å². The molecule has 0 saturated carbocycles. The first-order chi connectivity index (χ1) is 9.24. The van der Waals surface area contributed by atoms with Crippen LogP contribution in [0.1, 0.15) is 31.2 Å². The maximum atomic E-state index is 11.5.